The molecule has 5 amide bonds. The number of rotatable bonds is 12. The second-order valence-corrected chi connectivity index (χ2v) is 14.2. The van der Waals surface area contributed by atoms with E-state index in [0.29, 0.717) is 55.5 Å². The van der Waals surface area contributed by atoms with Crippen molar-refractivity contribution in [2.24, 2.45) is 11.8 Å². The summed E-state index contributed by atoms with van der Waals surface area (Å²) in [6, 6.07) is 6.34. The van der Waals surface area contributed by atoms with Crippen LogP contribution in [0.4, 0.5) is 15.5 Å². The molecule has 0 bridgehead atoms. The molecule has 0 aliphatic carbocycles. The smallest absolute Gasteiger partial charge is 0.407 e. The van der Waals surface area contributed by atoms with Crippen LogP contribution in [0.25, 0.3) is 22.0 Å². The van der Waals surface area contributed by atoms with Crippen LogP contribution >= 0.6 is 0 Å². The lowest BCUT2D eigenvalue weighted by Crippen LogP contribution is -2.54. The second kappa shape index (κ2) is 17.4. The molecule has 2 saturated heterocycles. The van der Waals surface area contributed by atoms with Crippen molar-refractivity contribution in [1.29, 1.82) is 0 Å². The van der Waals surface area contributed by atoms with Gasteiger partial charge in [0.05, 0.1) is 32.2 Å². The molecule has 0 spiro atoms. The van der Waals surface area contributed by atoms with Gasteiger partial charge in [0.15, 0.2) is 5.78 Å². The summed E-state index contributed by atoms with van der Waals surface area (Å²) < 4.78 is 9.36. The largest absolute Gasteiger partial charge is 0.453 e. The Balaban J connectivity index is 1.21. The number of amides is 5. The number of alkyl carbamates (subject to hydrolysis) is 2. The number of carbonyl (C=O) groups excluding carboxylic acids is 6. The fraction of sp³-hybridized carbons (Fsp3) is 0.500. The summed E-state index contributed by atoms with van der Waals surface area (Å²) in [5.41, 5.74) is 2.79. The number of fused-ring (bicyclic) bond motifs is 1. The normalized spacial score (nSPS) is 18.0. The first-order valence-electron chi connectivity index (χ1n) is 18.2. The van der Waals surface area contributed by atoms with Crippen molar-refractivity contribution in [1.82, 2.24) is 35.4 Å². The lowest BCUT2D eigenvalue weighted by atomic mass is 10.00. The Bertz CT molecular complexity index is 1880. The van der Waals surface area contributed by atoms with Crippen LogP contribution in [0.5, 0.6) is 0 Å². The average molecular weight is 745 g/mol. The van der Waals surface area contributed by atoms with E-state index in [1.165, 1.54) is 19.1 Å². The molecule has 5 rings (SSSR count). The fourth-order valence-corrected chi connectivity index (χ4v) is 6.90. The molecule has 0 radical (unpaired) electrons. The highest BCUT2D eigenvalue weighted by atomic mass is 16.5. The third kappa shape index (κ3) is 9.09. The van der Waals surface area contributed by atoms with Gasteiger partial charge in [-0.2, -0.15) is 0 Å². The summed E-state index contributed by atoms with van der Waals surface area (Å²) in [5.74, 6) is -1.51. The lowest BCUT2D eigenvalue weighted by molar-refractivity contribution is -0.139. The number of nitrogens with one attached hydrogen (secondary N) is 3. The van der Waals surface area contributed by atoms with Crippen molar-refractivity contribution >= 4 is 52.5 Å². The Morgan fingerprint density at radius 3 is 1.87 bits per heavy atom. The number of aromatic nitrogens is 3. The maximum absolute atomic E-state index is 13.5. The first kappa shape index (κ1) is 39.5. The van der Waals surface area contributed by atoms with Crippen molar-refractivity contribution in [3.63, 3.8) is 0 Å². The number of nitrogens with zero attached hydrogens (tertiary/aromatic N) is 5. The van der Waals surface area contributed by atoms with E-state index in [1.807, 2.05) is 38.1 Å². The maximum Gasteiger partial charge on any atom is 0.407 e. The molecule has 4 heterocycles. The average Bonchev–Trinajstić information content (AvgIpc) is 3.86. The van der Waals surface area contributed by atoms with Gasteiger partial charge in [0.25, 0.3) is 0 Å². The molecule has 2 aliphatic heterocycles. The SMILES string of the molecule is COC(=O)N[C@H](C(=O)N1CCC[C@H]1C(=O)Cc1ccc2cc(-c3cnc(NC(=O)[C@@H]4CCCN4C(=O)[C@@H](NC(=O)OC)C(C)C)nc3)ccc2n1)C(C)C. The molecule has 16 heteroatoms. The van der Waals surface area contributed by atoms with Crippen molar-refractivity contribution < 1.29 is 38.2 Å². The number of anilines is 1. The molecule has 54 heavy (non-hydrogen) atoms. The van der Waals surface area contributed by atoms with E-state index < -0.39 is 42.3 Å². The number of ether oxygens (including phenoxy) is 2. The van der Waals surface area contributed by atoms with Gasteiger partial charge < -0.3 is 29.9 Å². The van der Waals surface area contributed by atoms with E-state index in [2.05, 4.69) is 30.7 Å². The Morgan fingerprint density at radius 2 is 1.31 bits per heavy atom. The highest BCUT2D eigenvalue weighted by Crippen LogP contribution is 2.26. The van der Waals surface area contributed by atoms with Gasteiger partial charge >= 0.3 is 12.2 Å². The summed E-state index contributed by atoms with van der Waals surface area (Å²) in [6.07, 6.45) is 4.16. The van der Waals surface area contributed by atoms with Gasteiger partial charge in [0.1, 0.15) is 18.1 Å². The number of hydrogen-bond donors (Lipinski definition) is 3. The van der Waals surface area contributed by atoms with Crippen molar-refractivity contribution in [2.45, 2.75) is 84.0 Å². The van der Waals surface area contributed by atoms with Crippen LogP contribution in [0.1, 0.15) is 59.1 Å². The van der Waals surface area contributed by atoms with Gasteiger partial charge in [0.2, 0.25) is 23.7 Å². The molecule has 2 aliphatic rings. The number of ketones is 1. The third-order valence-corrected chi connectivity index (χ3v) is 9.85. The third-order valence-electron chi connectivity index (χ3n) is 9.85. The summed E-state index contributed by atoms with van der Waals surface area (Å²) in [5, 5.41) is 8.72. The number of likely N-dealkylation sites (tertiary alicyclic amines) is 2. The second-order valence-electron chi connectivity index (χ2n) is 14.2. The zero-order valence-electron chi connectivity index (χ0n) is 31.5. The molecule has 0 unspecified atom stereocenters. The van der Waals surface area contributed by atoms with Crippen molar-refractivity contribution in [3.05, 3.63) is 48.4 Å². The van der Waals surface area contributed by atoms with Crippen LogP contribution in [0.15, 0.2) is 42.7 Å². The topological polar surface area (TPSA) is 202 Å². The van der Waals surface area contributed by atoms with Gasteiger partial charge in [-0.15, -0.1) is 0 Å². The van der Waals surface area contributed by atoms with Crippen molar-refractivity contribution in [2.75, 3.05) is 32.6 Å². The van der Waals surface area contributed by atoms with Crippen LogP contribution in [-0.2, 0) is 35.1 Å². The Kier molecular flexibility index (Phi) is 12.8. The molecular formula is C38H48N8O8. The molecule has 288 valence electrons. The number of hydrogen-bond acceptors (Lipinski definition) is 11. The summed E-state index contributed by atoms with van der Waals surface area (Å²) >= 11 is 0. The molecule has 4 atom stereocenters. The number of pyridine rings is 1. The predicted octanol–water partition coefficient (Wildman–Crippen LogP) is 3.49. The first-order chi connectivity index (χ1) is 25.8. The molecule has 1 aromatic carbocycles. The number of benzene rings is 1. The van der Waals surface area contributed by atoms with E-state index in [4.69, 9.17) is 9.72 Å². The van der Waals surface area contributed by atoms with E-state index >= 15 is 0 Å². The zero-order chi connectivity index (χ0) is 39.1. The van der Waals surface area contributed by atoms with Crippen LogP contribution in [0.3, 0.4) is 0 Å². The minimum atomic E-state index is -0.838. The molecule has 2 fully saturated rings. The predicted molar refractivity (Wildman–Crippen MR) is 198 cm³/mol. The number of Topliss-reactive ketones (excluding diaryl/α,β-unsaturated/α-hetero) is 1. The number of carbonyl (C=O) groups is 6. The Labute approximate surface area is 313 Å². The van der Waals surface area contributed by atoms with Gasteiger partial charge in [-0.25, -0.2) is 19.6 Å². The minimum absolute atomic E-state index is 0.0550. The summed E-state index contributed by atoms with van der Waals surface area (Å²) in [4.78, 5) is 93.6. The van der Waals surface area contributed by atoms with E-state index in [0.717, 1.165) is 10.9 Å². The fourth-order valence-electron chi connectivity index (χ4n) is 6.90. The van der Waals surface area contributed by atoms with Gasteiger partial charge in [0, 0.05) is 42.1 Å². The summed E-state index contributed by atoms with van der Waals surface area (Å²) in [7, 11) is 2.46. The van der Waals surface area contributed by atoms with E-state index in [-0.39, 0.29) is 41.8 Å². The Hall–Kier alpha value is -5.67. The first-order valence-corrected chi connectivity index (χ1v) is 18.2. The van der Waals surface area contributed by atoms with Crippen molar-refractivity contribution in [3.8, 4) is 11.1 Å². The van der Waals surface area contributed by atoms with Crippen LogP contribution < -0.4 is 16.0 Å². The molecular weight excluding hydrogens is 696 g/mol. The van der Waals surface area contributed by atoms with E-state index in [1.54, 1.807) is 37.2 Å². The standard InChI is InChI=1S/C38H48N8O8/c1-21(2)31(42-37(51)53-5)34(49)45-15-7-9-28(45)30(47)18-26-13-11-24-17-23(12-14-27(24)41-26)25-19-39-36(40-20-25)44-33(48)29-10-8-16-46(29)35(50)32(22(3)4)43-38(52)54-6/h11-14,17,19-22,28-29,31-32H,7-10,15-16,18H2,1-6H3,(H,42,51)(H,43,52)(H,39,40,44,48)/t28-,29-,31-,32-/m0/s1. The quantitative estimate of drug-likeness (QED) is 0.245. The molecule has 2 aromatic heterocycles. The van der Waals surface area contributed by atoms with Gasteiger partial charge in [-0.3, -0.25) is 29.5 Å². The maximum atomic E-state index is 13.5. The molecule has 3 N–H and O–H groups in total. The van der Waals surface area contributed by atoms with E-state index in [9.17, 15) is 28.8 Å². The number of methoxy groups -OCH3 is 2. The monoisotopic (exact) mass is 744 g/mol. The van der Waals surface area contributed by atoms with Crippen LogP contribution in [0, 0.1) is 11.8 Å². The highest BCUT2D eigenvalue weighted by molar-refractivity contribution is 5.98. The molecule has 16 nitrogen and oxygen atoms in total. The lowest BCUT2D eigenvalue weighted by Gasteiger charge is -2.30. The van der Waals surface area contributed by atoms with Crippen LogP contribution in [0.2, 0.25) is 0 Å². The van der Waals surface area contributed by atoms with Gasteiger partial charge in [-0.1, -0.05) is 39.8 Å². The molecule has 0 saturated carbocycles. The van der Waals surface area contributed by atoms with Crippen LogP contribution in [-0.4, -0.2) is 112 Å². The van der Waals surface area contributed by atoms with Gasteiger partial charge in [-0.05, 0) is 61.3 Å². The Morgan fingerprint density at radius 1 is 0.759 bits per heavy atom. The minimum Gasteiger partial charge on any atom is -0.453 e. The highest BCUT2D eigenvalue weighted by Gasteiger charge is 2.40. The summed E-state index contributed by atoms with van der Waals surface area (Å²) in [6.45, 7) is 8.08. The zero-order valence-corrected chi connectivity index (χ0v) is 31.5. The molecule has 3 aromatic rings.